The van der Waals surface area contributed by atoms with Crippen LogP contribution in [-0.2, 0) is 6.54 Å². The number of carbonyl (C=O) groups excluding carboxylic acids is 1. The van der Waals surface area contributed by atoms with Crippen molar-refractivity contribution in [3.05, 3.63) is 60.2 Å². The number of nitrogens with one attached hydrogen (secondary N) is 1. The number of rotatable bonds is 6. The molecular weight excluding hydrogens is 322 g/mol. The molecule has 0 spiro atoms. The molecule has 2 heterocycles. The first-order valence-electron chi connectivity index (χ1n) is 7.53. The summed E-state index contributed by atoms with van der Waals surface area (Å²) in [6.45, 7) is 0.236. The molecule has 8 nitrogen and oxygen atoms in total. The van der Waals surface area contributed by atoms with E-state index in [9.17, 15) is 4.79 Å². The highest BCUT2D eigenvalue weighted by atomic mass is 16.5. The fourth-order valence-electron chi connectivity index (χ4n) is 2.33. The lowest BCUT2D eigenvalue weighted by molar-refractivity contribution is 0.0946. The number of methoxy groups -OCH3 is 2. The highest BCUT2D eigenvalue weighted by Gasteiger charge is 2.16. The summed E-state index contributed by atoms with van der Waals surface area (Å²) >= 11 is 0. The molecule has 0 bridgehead atoms. The van der Waals surface area contributed by atoms with Crippen LogP contribution in [0.25, 0.3) is 5.69 Å². The van der Waals surface area contributed by atoms with E-state index in [1.807, 2.05) is 12.1 Å². The number of hydrogen-bond acceptors (Lipinski definition) is 6. The standard InChI is InChI=1S/C17H17N5O3/c1-24-15-7-3-6-14(16(15)25-2)17(23)19-9-12-11-22(21-20-12)13-5-4-8-18-10-13/h3-8,10-11H,9H2,1-2H3,(H,19,23). The fourth-order valence-corrected chi connectivity index (χ4v) is 2.33. The summed E-state index contributed by atoms with van der Waals surface area (Å²) in [7, 11) is 3.02. The van der Waals surface area contributed by atoms with Gasteiger partial charge in [0.2, 0.25) is 0 Å². The van der Waals surface area contributed by atoms with E-state index < -0.39 is 0 Å². The van der Waals surface area contributed by atoms with Crippen LogP contribution in [0.1, 0.15) is 16.1 Å². The monoisotopic (exact) mass is 339 g/mol. The van der Waals surface area contributed by atoms with Crippen molar-refractivity contribution in [2.75, 3.05) is 14.2 Å². The maximum Gasteiger partial charge on any atom is 0.255 e. The van der Waals surface area contributed by atoms with E-state index in [0.29, 0.717) is 22.8 Å². The lowest BCUT2D eigenvalue weighted by Crippen LogP contribution is -2.23. The predicted molar refractivity (Wildman–Crippen MR) is 89.9 cm³/mol. The van der Waals surface area contributed by atoms with Gasteiger partial charge in [-0.1, -0.05) is 11.3 Å². The van der Waals surface area contributed by atoms with Crippen molar-refractivity contribution in [2.24, 2.45) is 0 Å². The zero-order valence-corrected chi connectivity index (χ0v) is 13.8. The number of aromatic nitrogens is 4. The third kappa shape index (κ3) is 3.57. The molecule has 0 radical (unpaired) electrons. The molecule has 128 valence electrons. The van der Waals surface area contributed by atoms with Crippen LogP contribution in [0.15, 0.2) is 48.9 Å². The van der Waals surface area contributed by atoms with Gasteiger partial charge >= 0.3 is 0 Å². The van der Waals surface area contributed by atoms with E-state index in [2.05, 4.69) is 20.6 Å². The Bertz CT molecular complexity index is 864. The van der Waals surface area contributed by atoms with Crippen LogP contribution in [0.2, 0.25) is 0 Å². The SMILES string of the molecule is COc1cccc(C(=O)NCc2cn(-c3cccnc3)nn2)c1OC. The quantitative estimate of drug-likeness (QED) is 0.734. The number of benzene rings is 1. The lowest BCUT2D eigenvalue weighted by atomic mass is 10.1. The van der Waals surface area contributed by atoms with Gasteiger partial charge in [-0.2, -0.15) is 0 Å². The van der Waals surface area contributed by atoms with Gasteiger partial charge < -0.3 is 14.8 Å². The Morgan fingerprint density at radius 3 is 2.80 bits per heavy atom. The van der Waals surface area contributed by atoms with Crippen LogP contribution in [0.5, 0.6) is 11.5 Å². The van der Waals surface area contributed by atoms with E-state index in [1.54, 1.807) is 41.5 Å². The molecule has 0 saturated carbocycles. The van der Waals surface area contributed by atoms with E-state index in [-0.39, 0.29) is 12.5 Å². The van der Waals surface area contributed by atoms with Crippen LogP contribution in [0, 0.1) is 0 Å². The third-order valence-corrected chi connectivity index (χ3v) is 3.53. The van der Waals surface area contributed by atoms with Gasteiger partial charge in [0.25, 0.3) is 5.91 Å². The van der Waals surface area contributed by atoms with Crippen molar-refractivity contribution in [1.82, 2.24) is 25.3 Å². The summed E-state index contributed by atoms with van der Waals surface area (Å²) in [6.07, 6.45) is 5.10. The Labute approximate surface area is 144 Å². The number of pyridine rings is 1. The molecule has 0 saturated heterocycles. The van der Waals surface area contributed by atoms with E-state index in [1.165, 1.54) is 14.2 Å². The molecule has 8 heteroatoms. The normalized spacial score (nSPS) is 10.3. The Balaban J connectivity index is 1.70. The predicted octanol–water partition coefficient (Wildman–Crippen LogP) is 1.61. The molecule has 1 N–H and O–H groups in total. The topological polar surface area (TPSA) is 91.2 Å². The third-order valence-electron chi connectivity index (χ3n) is 3.53. The van der Waals surface area contributed by atoms with Crippen molar-refractivity contribution >= 4 is 5.91 Å². The smallest absolute Gasteiger partial charge is 0.255 e. The first-order chi connectivity index (χ1) is 12.2. The number of para-hydroxylation sites is 1. The average molecular weight is 339 g/mol. The summed E-state index contributed by atoms with van der Waals surface area (Å²) < 4.78 is 12.1. The molecule has 1 aromatic carbocycles. The second-order valence-corrected chi connectivity index (χ2v) is 5.09. The van der Waals surface area contributed by atoms with Crippen LogP contribution in [-0.4, -0.2) is 40.1 Å². The highest BCUT2D eigenvalue weighted by Crippen LogP contribution is 2.30. The van der Waals surface area contributed by atoms with Crippen LogP contribution in [0.3, 0.4) is 0 Å². The molecule has 0 aliphatic heterocycles. The van der Waals surface area contributed by atoms with Gasteiger partial charge in [-0.25, -0.2) is 4.68 Å². The maximum absolute atomic E-state index is 12.4. The molecule has 3 rings (SSSR count). The van der Waals surface area contributed by atoms with Gasteiger partial charge in [0.15, 0.2) is 11.5 Å². The summed E-state index contributed by atoms with van der Waals surface area (Å²) in [5, 5.41) is 10.9. The first-order valence-corrected chi connectivity index (χ1v) is 7.53. The Kier molecular flexibility index (Phi) is 4.89. The van der Waals surface area contributed by atoms with Crippen LogP contribution < -0.4 is 14.8 Å². The summed E-state index contributed by atoms with van der Waals surface area (Å²) in [6, 6.07) is 8.81. The molecular formula is C17H17N5O3. The zero-order chi connectivity index (χ0) is 17.6. The number of carbonyl (C=O) groups is 1. The zero-order valence-electron chi connectivity index (χ0n) is 13.8. The first kappa shape index (κ1) is 16.4. The van der Waals surface area contributed by atoms with E-state index >= 15 is 0 Å². The molecule has 1 amide bonds. The molecule has 0 atom stereocenters. The van der Waals surface area contributed by atoms with Gasteiger partial charge in [-0.15, -0.1) is 5.10 Å². The number of ether oxygens (including phenoxy) is 2. The fraction of sp³-hybridized carbons (Fsp3) is 0.176. The molecule has 0 unspecified atom stereocenters. The van der Waals surface area contributed by atoms with Crippen LogP contribution in [0.4, 0.5) is 0 Å². The van der Waals surface area contributed by atoms with E-state index in [4.69, 9.17) is 9.47 Å². The second-order valence-electron chi connectivity index (χ2n) is 5.09. The van der Waals surface area contributed by atoms with Crippen molar-refractivity contribution in [3.63, 3.8) is 0 Å². The van der Waals surface area contributed by atoms with Gasteiger partial charge in [-0.05, 0) is 24.3 Å². The largest absolute Gasteiger partial charge is 0.493 e. The van der Waals surface area contributed by atoms with Crippen LogP contribution >= 0.6 is 0 Å². The molecule has 0 fully saturated rings. The molecule has 25 heavy (non-hydrogen) atoms. The Morgan fingerprint density at radius 1 is 1.20 bits per heavy atom. The summed E-state index contributed by atoms with van der Waals surface area (Å²) in [5.74, 6) is 0.603. The molecule has 0 aliphatic rings. The molecule has 2 aromatic heterocycles. The minimum atomic E-state index is -0.285. The summed E-state index contributed by atoms with van der Waals surface area (Å²) in [5.41, 5.74) is 1.81. The Hall–Kier alpha value is -3.42. The van der Waals surface area contributed by atoms with Gasteiger partial charge in [0.1, 0.15) is 5.69 Å². The minimum absolute atomic E-state index is 0.236. The number of nitrogens with zero attached hydrogens (tertiary/aromatic N) is 4. The average Bonchev–Trinajstić information content (AvgIpc) is 3.15. The number of hydrogen-bond donors (Lipinski definition) is 1. The highest BCUT2D eigenvalue weighted by molar-refractivity contribution is 5.97. The van der Waals surface area contributed by atoms with Crippen molar-refractivity contribution < 1.29 is 14.3 Å². The second kappa shape index (κ2) is 7.43. The maximum atomic E-state index is 12.4. The van der Waals surface area contributed by atoms with Gasteiger partial charge in [0, 0.05) is 6.20 Å². The molecule has 0 aliphatic carbocycles. The number of amides is 1. The Morgan fingerprint density at radius 2 is 2.08 bits per heavy atom. The van der Waals surface area contributed by atoms with Gasteiger partial charge in [0.05, 0.1) is 44.4 Å². The summed E-state index contributed by atoms with van der Waals surface area (Å²) in [4.78, 5) is 16.5. The minimum Gasteiger partial charge on any atom is -0.493 e. The van der Waals surface area contributed by atoms with E-state index in [0.717, 1.165) is 5.69 Å². The van der Waals surface area contributed by atoms with Crippen molar-refractivity contribution in [1.29, 1.82) is 0 Å². The lowest BCUT2D eigenvalue weighted by Gasteiger charge is -2.12. The van der Waals surface area contributed by atoms with Crippen molar-refractivity contribution in [2.45, 2.75) is 6.54 Å². The van der Waals surface area contributed by atoms with Crippen molar-refractivity contribution in [3.8, 4) is 17.2 Å². The van der Waals surface area contributed by atoms with Gasteiger partial charge in [-0.3, -0.25) is 9.78 Å². The molecule has 3 aromatic rings.